The summed E-state index contributed by atoms with van der Waals surface area (Å²) in [6.07, 6.45) is 1.62. The Morgan fingerprint density at radius 1 is 1.13 bits per heavy atom. The van der Waals surface area contributed by atoms with Crippen LogP contribution in [0.4, 0.5) is 0 Å². The molecule has 0 spiro atoms. The molecule has 0 radical (unpaired) electrons. The van der Waals surface area contributed by atoms with Crippen molar-refractivity contribution in [3.63, 3.8) is 0 Å². The minimum Gasteiger partial charge on any atom is -0.492 e. The van der Waals surface area contributed by atoms with Crippen LogP contribution in [0.25, 0.3) is 0 Å². The van der Waals surface area contributed by atoms with Crippen molar-refractivity contribution in [1.29, 1.82) is 0 Å². The zero-order valence-electron chi connectivity index (χ0n) is 19.7. The number of nitrogens with one attached hydrogen (secondary N) is 1. The molecule has 0 amide bonds. The van der Waals surface area contributed by atoms with Gasteiger partial charge >= 0.3 is 5.97 Å². The summed E-state index contributed by atoms with van der Waals surface area (Å²) in [5.41, 5.74) is 1.15. The molecule has 174 valence electrons. The van der Waals surface area contributed by atoms with Crippen LogP contribution in [0.3, 0.4) is 0 Å². The number of esters is 1. The van der Waals surface area contributed by atoms with Gasteiger partial charge in [-0.1, -0.05) is 26.0 Å². The molecule has 31 heavy (non-hydrogen) atoms. The third-order valence-electron chi connectivity index (χ3n) is 5.65. The number of aliphatic imine (C=N–C) groups is 1. The zero-order chi connectivity index (χ0) is 22.5. The van der Waals surface area contributed by atoms with Gasteiger partial charge in [0.25, 0.3) is 0 Å². The van der Waals surface area contributed by atoms with Gasteiger partial charge in [-0.05, 0) is 57.5 Å². The van der Waals surface area contributed by atoms with Gasteiger partial charge in [-0.15, -0.1) is 0 Å². The fourth-order valence-electron chi connectivity index (χ4n) is 3.70. The zero-order valence-corrected chi connectivity index (χ0v) is 19.7. The van der Waals surface area contributed by atoms with E-state index in [1.165, 1.54) is 0 Å². The molecule has 1 N–H and O–H groups in total. The van der Waals surface area contributed by atoms with E-state index in [2.05, 4.69) is 48.0 Å². The summed E-state index contributed by atoms with van der Waals surface area (Å²) in [4.78, 5) is 21.4. The van der Waals surface area contributed by atoms with Crippen molar-refractivity contribution in [3.05, 3.63) is 29.8 Å². The maximum absolute atomic E-state index is 12.0. The number of ether oxygens (including phenoxy) is 2. The number of likely N-dealkylation sites (tertiary alicyclic amines) is 1. The van der Waals surface area contributed by atoms with Crippen LogP contribution in [0.15, 0.2) is 29.3 Å². The number of likely N-dealkylation sites (N-methyl/N-ethyl adjacent to an activating group) is 1. The van der Waals surface area contributed by atoms with Crippen LogP contribution in [0, 0.1) is 5.92 Å². The SMILES string of the molecule is CCNC(=NCc1ccc(OCCN(CC)CC)cc1)N1CCC(C(=O)OCC)CC1. The van der Waals surface area contributed by atoms with E-state index in [-0.39, 0.29) is 11.9 Å². The van der Waals surface area contributed by atoms with Gasteiger partial charge in [0.05, 0.1) is 19.1 Å². The monoisotopic (exact) mass is 432 g/mol. The first-order valence-corrected chi connectivity index (χ1v) is 11.7. The Labute approximate surface area is 187 Å². The minimum absolute atomic E-state index is 0.00773. The molecule has 1 aliphatic heterocycles. The van der Waals surface area contributed by atoms with Crippen molar-refractivity contribution >= 4 is 11.9 Å². The number of hydrogen-bond acceptors (Lipinski definition) is 5. The topological polar surface area (TPSA) is 66.4 Å². The number of piperidine rings is 1. The van der Waals surface area contributed by atoms with E-state index in [1.54, 1.807) is 0 Å². The predicted molar refractivity (Wildman–Crippen MR) is 125 cm³/mol. The molecular formula is C24H40N4O3. The molecule has 0 unspecified atom stereocenters. The number of carbonyl (C=O) groups excluding carboxylic acids is 1. The van der Waals surface area contributed by atoms with Crippen LogP contribution >= 0.6 is 0 Å². The molecular weight excluding hydrogens is 392 g/mol. The molecule has 0 atom stereocenters. The normalized spacial score (nSPS) is 15.3. The lowest BCUT2D eigenvalue weighted by molar-refractivity contribution is -0.149. The molecule has 1 aliphatic rings. The highest BCUT2D eigenvalue weighted by Gasteiger charge is 2.27. The molecule has 0 aromatic heterocycles. The molecule has 1 fully saturated rings. The fraction of sp³-hybridized carbons (Fsp3) is 0.667. The second-order valence-corrected chi connectivity index (χ2v) is 7.70. The van der Waals surface area contributed by atoms with Gasteiger partial charge in [-0.2, -0.15) is 0 Å². The third-order valence-corrected chi connectivity index (χ3v) is 5.65. The Morgan fingerprint density at radius 2 is 1.81 bits per heavy atom. The van der Waals surface area contributed by atoms with Crippen LogP contribution in [-0.2, 0) is 16.1 Å². The number of guanidine groups is 1. The van der Waals surface area contributed by atoms with Crippen LogP contribution in [0.5, 0.6) is 5.75 Å². The van der Waals surface area contributed by atoms with Gasteiger partial charge in [-0.3, -0.25) is 4.79 Å². The summed E-state index contributed by atoms with van der Waals surface area (Å²) in [5, 5.41) is 3.38. The number of carbonyl (C=O) groups is 1. The summed E-state index contributed by atoms with van der Waals surface area (Å²) in [5.74, 6) is 1.74. The van der Waals surface area contributed by atoms with Gasteiger partial charge < -0.3 is 24.6 Å². The number of rotatable bonds is 11. The standard InChI is InChI=1S/C24H40N4O3/c1-5-25-24(28-15-13-21(14-16-28)23(29)30-8-4)26-19-20-9-11-22(12-10-20)31-18-17-27(6-2)7-3/h9-12,21H,5-8,13-19H2,1-4H3,(H,25,26). The first kappa shape index (κ1) is 25.0. The molecule has 0 aliphatic carbocycles. The van der Waals surface area contributed by atoms with E-state index in [1.807, 2.05) is 19.1 Å². The van der Waals surface area contributed by atoms with Crippen molar-refractivity contribution < 1.29 is 14.3 Å². The highest BCUT2D eigenvalue weighted by molar-refractivity contribution is 5.80. The Balaban J connectivity index is 1.85. The summed E-state index contributed by atoms with van der Waals surface area (Å²) >= 11 is 0. The quantitative estimate of drug-likeness (QED) is 0.329. The van der Waals surface area contributed by atoms with Crippen LogP contribution in [-0.4, -0.2) is 74.2 Å². The molecule has 2 rings (SSSR count). The number of benzene rings is 1. The van der Waals surface area contributed by atoms with Crippen LogP contribution in [0.1, 0.15) is 46.1 Å². The number of hydrogen-bond donors (Lipinski definition) is 1. The largest absolute Gasteiger partial charge is 0.492 e. The van der Waals surface area contributed by atoms with E-state index in [0.29, 0.717) is 19.8 Å². The molecule has 7 heteroatoms. The van der Waals surface area contributed by atoms with Gasteiger partial charge in [0, 0.05) is 26.2 Å². The number of nitrogens with zero attached hydrogens (tertiary/aromatic N) is 3. The van der Waals surface area contributed by atoms with Gasteiger partial charge in [0.15, 0.2) is 5.96 Å². The van der Waals surface area contributed by atoms with Crippen molar-refractivity contribution in [2.24, 2.45) is 10.9 Å². The maximum Gasteiger partial charge on any atom is 0.309 e. The fourth-order valence-corrected chi connectivity index (χ4v) is 3.70. The van der Waals surface area contributed by atoms with E-state index in [4.69, 9.17) is 14.5 Å². The summed E-state index contributed by atoms with van der Waals surface area (Å²) in [6.45, 7) is 15.5. The first-order valence-electron chi connectivity index (χ1n) is 11.7. The lowest BCUT2D eigenvalue weighted by Gasteiger charge is -2.33. The Morgan fingerprint density at radius 3 is 2.39 bits per heavy atom. The second-order valence-electron chi connectivity index (χ2n) is 7.70. The van der Waals surface area contributed by atoms with E-state index in [0.717, 1.165) is 69.4 Å². The van der Waals surface area contributed by atoms with E-state index >= 15 is 0 Å². The smallest absolute Gasteiger partial charge is 0.309 e. The van der Waals surface area contributed by atoms with Gasteiger partial charge in [0.2, 0.25) is 0 Å². The van der Waals surface area contributed by atoms with E-state index in [9.17, 15) is 4.79 Å². The van der Waals surface area contributed by atoms with Crippen molar-refractivity contribution in [1.82, 2.24) is 15.1 Å². The highest BCUT2D eigenvalue weighted by Crippen LogP contribution is 2.19. The summed E-state index contributed by atoms with van der Waals surface area (Å²) in [6, 6.07) is 8.19. The second kappa shape index (κ2) is 13.9. The lowest BCUT2D eigenvalue weighted by Crippen LogP contribution is -2.46. The average Bonchev–Trinajstić information content (AvgIpc) is 2.80. The van der Waals surface area contributed by atoms with E-state index < -0.39 is 0 Å². The summed E-state index contributed by atoms with van der Waals surface area (Å²) < 4.78 is 11.0. The average molecular weight is 433 g/mol. The molecule has 1 aromatic rings. The highest BCUT2D eigenvalue weighted by atomic mass is 16.5. The lowest BCUT2D eigenvalue weighted by atomic mass is 9.97. The Bertz CT molecular complexity index is 666. The summed E-state index contributed by atoms with van der Waals surface area (Å²) in [7, 11) is 0. The Kier molecular flexibility index (Phi) is 11.2. The molecule has 0 bridgehead atoms. The van der Waals surface area contributed by atoms with Crippen molar-refractivity contribution in [3.8, 4) is 5.75 Å². The van der Waals surface area contributed by atoms with Crippen molar-refractivity contribution in [2.45, 2.75) is 47.1 Å². The maximum atomic E-state index is 12.0. The van der Waals surface area contributed by atoms with Gasteiger partial charge in [-0.25, -0.2) is 4.99 Å². The Hall–Kier alpha value is -2.28. The third kappa shape index (κ3) is 8.40. The van der Waals surface area contributed by atoms with Crippen LogP contribution < -0.4 is 10.1 Å². The molecule has 0 saturated carbocycles. The van der Waals surface area contributed by atoms with Crippen LogP contribution in [0.2, 0.25) is 0 Å². The predicted octanol–water partition coefficient (Wildman–Crippen LogP) is 3.15. The molecule has 1 heterocycles. The first-order chi connectivity index (χ1) is 15.1. The van der Waals surface area contributed by atoms with Crippen molar-refractivity contribution in [2.75, 3.05) is 52.5 Å². The van der Waals surface area contributed by atoms with Gasteiger partial charge in [0.1, 0.15) is 12.4 Å². The molecule has 1 aromatic carbocycles. The minimum atomic E-state index is -0.0662. The molecule has 1 saturated heterocycles. The molecule has 7 nitrogen and oxygen atoms in total.